The van der Waals surface area contributed by atoms with E-state index in [1.807, 2.05) is 0 Å². The molecular weight excluding hydrogens is 258 g/mol. The summed E-state index contributed by atoms with van der Waals surface area (Å²) >= 11 is 5.37. The van der Waals surface area contributed by atoms with Crippen LogP contribution in [0, 0.1) is 0 Å². The van der Waals surface area contributed by atoms with Crippen molar-refractivity contribution in [1.82, 2.24) is 15.5 Å². The number of hydrogen-bond donors (Lipinski definition) is 2. The maximum Gasteiger partial charge on any atom is 0.322 e. The van der Waals surface area contributed by atoms with E-state index in [0.29, 0.717) is 0 Å². The van der Waals surface area contributed by atoms with Crippen molar-refractivity contribution in [2.24, 2.45) is 0 Å². The van der Waals surface area contributed by atoms with Crippen LogP contribution in [0.1, 0.15) is 26.2 Å². The minimum atomic E-state index is -0.662. The van der Waals surface area contributed by atoms with Gasteiger partial charge < -0.3 is 10.2 Å². The number of halogens is 1. The molecule has 0 spiro atoms. The summed E-state index contributed by atoms with van der Waals surface area (Å²) in [4.78, 5) is 36.1. The minimum absolute atomic E-state index is 0.0728. The van der Waals surface area contributed by atoms with Crippen molar-refractivity contribution >= 4 is 29.4 Å². The van der Waals surface area contributed by atoms with E-state index in [-0.39, 0.29) is 18.2 Å². The molecule has 7 heteroatoms. The molecular formula is C11H18ClN3O3. The van der Waals surface area contributed by atoms with Crippen molar-refractivity contribution in [3.05, 3.63) is 0 Å². The van der Waals surface area contributed by atoms with E-state index in [4.69, 9.17) is 11.6 Å². The molecule has 1 unspecified atom stereocenters. The standard InChI is InChI=1S/C11H18ClN3O3/c1-8(10(17)15-6-2-3-7-15)13-11(18)14-9(16)4-5-12/h8H,2-7H2,1H3,(H2,13,14,16,18). The highest BCUT2D eigenvalue weighted by Gasteiger charge is 2.24. The SMILES string of the molecule is CC(NC(=O)NC(=O)CCCl)C(=O)N1CCCC1. The Hall–Kier alpha value is -1.30. The molecule has 1 saturated heterocycles. The van der Waals surface area contributed by atoms with Gasteiger partial charge in [0.2, 0.25) is 11.8 Å². The summed E-state index contributed by atoms with van der Waals surface area (Å²) < 4.78 is 0. The van der Waals surface area contributed by atoms with Gasteiger partial charge >= 0.3 is 6.03 Å². The smallest absolute Gasteiger partial charge is 0.322 e. The van der Waals surface area contributed by atoms with Gasteiger partial charge in [0, 0.05) is 25.4 Å². The lowest BCUT2D eigenvalue weighted by atomic mass is 10.3. The van der Waals surface area contributed by atoms with Crippen molar-refractivity contribution in [2.75, 3.05) is 19.0 Å². The van der Waals surface area contributed by atoms with Crippen LogP contribution in [0.25, 0.3) is 0 Å². The van der Waals surface area contributed by atoms with E-state index in [1.54, 1.807) is 11.8 Å². The summed E-state index contributed by atoms with van der Waals surface area (Å²) in [5.41, 5.74) is 0. The van der Waals surface area contributed by atoms with Gasteiger partial charge in [-0.05, 0) is 19.8 Å². The zero-order chi connectivity index (χ0) is 13.5. The van der Waals surface area contributed by atoms with Gasteiger partial charge in [0.05, 0.1) is 0 Å². The Labute approximate surface area is 111 Å². The first-order valence-corrected chi connectivity index (χ1v) is 6.53. The third kappa shape index (κ3) is 4.52. The average molecular weight is 276 g/mol. The second-order valence-electron chi connectivity index (χ2n) is 4.21. The molecule has 0 aliphatic carbocycles. The van der Waals surface area contributed by atoms with Gasteiger partial charge in [-0.25, -0.2) is 4.79 Å². The summed E-state index contributed by atoms with van der Waals surface area (Å²) in [6, 6.07) is -1.29. The third-order valence-electron chi connectivity index (χ3n) is 2.71. The second kappa shape index (κ2) is 7.20. The maximum absolute atomic E-state index is 11.9. The van der Waals surface area contributed by atoms with Crippen molar-refractivity contribution in [1.29, 1.82) is 0 Å². The molecule has 18 heavy (non-hydrogen) atoms. The fourth-order valence-corrected chi connectivity index (χ4v) is 1.95. The first kappa shape index (κ1) is 14.8. The second-order valence-corrected chi connectivity index (χ2v) is 4.59. The van der Waals surface area contributed by atoms with Crippen LogP contribution in [-0.4, -0.2) is 47.8 Å². The zero-order valence-electron chi connectivity index (χ0n) is 10.4. The van der Waals surface area contributed by atoms with Crippen LogP contribution in [0.5, 0.6) is 0 Å². The predicted octanol–water partition coefficient (Wildman–Crippen LogP) is 0.452. The van der Waals surface area contributed by atoms with E-state index in [1.165, 1.54) is 0 Å². The number of carbonyl (C=O) groups excluding carboxylic acids is 3. The van der Waals surface area contributed by atoms with Crippen LogP contribution in [0.3, 0.4) is 0 Å². The number of hydrogen-bond acceptors (Lipinski definition) is 3. The van der Waals surface area contributed by atoms with Crippen LogP contribution in [-0.2, 0) is 9.59 Å². The molecule has 6 nitrogen and oxygen atoms in total. The number of nitrogens with one attached hydrogen (secondary N) is 2. The number of nitrogens with zero attached hydrogens (tertiary/aromatic N) is 1. The molecule has 0 bridgehead atoms. The number of amides is 4. The monoisotopic (exact) mass is 275 g/mol. The number of rotatable bonds is 4. The Kier molecular flexibility index (Phi) is 5.91. The van der Waals surface area contributed by atoms with Crippen molar-refractivity contribution in [3.63, 3.8) is 0 Å². The molecule has 0 saturated carbocycles. The Morgan fingerprint density at radius 2 is 1.89 bits per heavy atom. The summed E-state index contributed by atoms with van der Waals surface area (Å²) in [6.07, 6.45) is 2.07. The van der Waals surface area contributed by atoms with Crippen LogP contribution >= 0.6 is 11.6 Å². The lowest BCUT2D eigenvalue weighted by Gasteiger charge is -2.21. The fraction of sp³-hybridized carbons (Fsp3) is 0.727. The Bertz CT molecular complexity index is 329. The Morgan fingerprint density at radius 1 is 1.28 bits per heavy atom. The largest absolute Gasteiger partial charge is 0.341 e. The van der Waals surface area contributed by atoms with Gasteiger partial charge in [-0.1, -0.05) is 0 Å². The summed E-state index contributed by atoms with van der Waals surface area (Å²) in [6.45, 7) is 3.07. The van der Waals surface area contributed by atoms with E-state index in [0.717, 1.165) is 25.9 Å². The highest BCUT2D eigenvalue weighted by atomic mass is 35.5. The molecule has 2 N–H and O–H groups in total. The van der Waals surface area contributed by atoms with E-state index in [2.05, 4.69) is 10.6 Å². The van der Waals surface area contributed by atoms with Gasteiger partial charge in [-0.2, -0.15) is 0 Å². The first-order valence-electron chi connectivity index (χ1n) is 5.99. The summed E-state index contributed by atoms with van der Waals surface area (Å²) in [5, 5.41) is 4.55. The minimum Gasteiger partial charge on any atom is -0.341 e. The first-order chi connectivity index (χ1) is 8.54. The van der Waals surface area contributed by atoms with Gasteiger partial charge in [0.1, 0.15) is 6.04 Å². The van der Waals surface area contributed by atoms with Crippen molar-refractivity contribution in [2.45, 2.75) is 32.2 Å². The quantitative estimate of drug-likeness (QED) is 0.732. The van der Waals surface area contributed by atoms with Gasteiger partial charge in [-0.15, -0.1) is 11.6 Å². The highest BCUT2D eigenvalue weighted by molar-refractivity contribution is 6.19. The molecule has 0 aromatic carbocycles. The molecule has 0 aromatic rings. The number of likely N-dealkylation sites (tertiary alicyclic amines) is 1. The van der Waals surface area contributed by atoms with E-state index < -0.39 is 18.0 Å². The van der Waals surface area contributed by atoms with Crippen LogP contribution in [0.15, 0.2) is 0 Å². The lowest BCUT2D eigenvalue weighted by molar-refractivity contribution is -0.131. The lowest BCUT2D eigenvalue weighted by Crippen LogP contribution is -2.50. The molecule has 1 aliphatic heterocycles. The molecule has 1 atom stereocenters. The number of alkyl halides is 1. The normalized spacial score (nSPS) is 16.2. The zero-order valence-corrected chi connectivity index (χ0v) is 11.1. The topological polar surface area (TPSA) is 78.5 Å². The van der Waals surface area contributed by atoms with Crippen molar-refractivity contribution < 1.29 is 14.4 Å². The van der Waals surface area contributed by atoms with Gasteiger partial charge in [-0.3, -0.25) is 14.9 Å². The highest BCUT2D eigenvalue weighted by Crippen LogP contribution is 2.08. The third-order valence-corrected chi connectivity index (χ3v) is 2.90. The summed E-state index contributed by atoms with van der Waals surface area (Å²) in [5.74, 6) is -0.419. The molecule has 1 rings (SSSR count). The number of imide groups is 1. The van der Waals surface area contributed by atoms with Crippen LogP contribution < -0.4 is 10.6 Å². The van der Waals surface area contributed by atoms with Crippen molar-refractivity contribution in [3.8, 4) is 0 Å². The predicted molar refractivity (Wildman–Crippen MR) is 67.3 cm³/mol. The molecule has 0 aromatic heterocycles. The molecule has 102 valence electrons. The molecule has 1 fully saturated rings. The van der Waals surface area contributed by atoms with E-state index in [9.17, 15) is 14.4 Å². The van der Waals surface area contributed by atoms with Gasteiger partial charge in [0.25, 0.3) is 0 Å². The van der Waals surface area contributed by atoms with Gasteiger partial charge in [0.15, 0.2) is 0 Å². The fourth-order valence-electron chi connectivity index (χ4n) is 1.78. The molecule has 0 radical (unpaired) electrons. The molecule has 1 heterocycles. The Balaban J connectivity index is 2.34. The number of carbonyl (C=O) groups is 3. The number of urea groups is 1. The molecule has 1 aliphatic rings. The maximum atomic E-state index is 11.9. The Morgan fingerprint density at radius 3 is 2.44 bits per heavy atom. The van der Waals surface area contributed by atoms with Crippen LogP contribution in [0.4, 0.5) is 4.79 Å². The van der Waals surface area contributed by atoms with E-state index >= 15 is 0 Å². The van der Waals surface area contributed by atoms with Crippen LogP contribution in [0.2, 0.25) is 0 Å². The summed E-state index contributed by atoms with van der Waals surface area (Å²) in [7, 11) is 0. The molecule has 4 amide bonds. The average Bonchev–Trinajstić information content (AvgIpc) is 2.81.